The quantitative estimate of drug-likeness (QED) is 0.808. The van der Waals surface area contributed by atoms with E-state index < -0.39 is 0 Å². The van der Waals surface area contributed by atoms with Crippen LogP contribution in [0, 0.1) is 5.92 Å². The molecule has 0 aromatic carbocycles. The van der Waals surface area contributed by atoms with Crippen molar-refractivity contribution >= 4 is 5.82 Å². The van der Waals surface area contributed by atoms with Gasteiger partial charge in [0.2, 0.25) is 0 Å². The number of aromatic amines is 1. The molecule has 0 saturated heterocycles. The van der Waals surface area contributed by atoms with Gasteiger partial charge in [0.05, 0.1) is 5.56 Å². The highest BCUT2D eigenvalue weighted by atomic mass is 16.5. The first-order valence-electron chi connectivity index (χ1n) is 5.42. The van der Waals surface area contributed by atoms with Gasteiger partial charge in [0.1, 0.15) is 17.7 Å². The first kappa shape index (κ1) is 12.7. The van der Waals surface area contributed by atoms with Gasteiger partial charge < -0.3 is 15.5 Å². The summed E-state index contributed by atoms with van der Waals surface area (Å²) in [6.45, 7) is 5.87. The van der Waals surface area contributed by atoms with Gasteiger partial charge in [-0.15, -0.1) is 0 Å². The van der Waals surface area contributed by atoms with Crippen molar-refractivity contribution in [3.05, 3.63) is 21.7 Å². The number of hydrogen-bond donors (Lipinski definition) is 2. The molecule has 5 nitrogen and oxygen atoms in total. The number of nitrogens with zero attached hydrogens (tertiary/aromatic N) is 1. The van der Waals surface area contributed by atoms with E-state index in [2.05, 4.69) is 9.97 Å². The van der Waals surface area contributed by atoms with Gasteiger partial charge >= 0.3 is 0 Å². The van der Waals surface area contributed by atoms with Crippen molar-refractivity contribution in [3.63, 3.8) is 0 Å². The minimum absolute atomic E-state index is 0.173. The molecule has 0 aliphatic carbocycles. The lowest BCUT2D eigenvalue weighted by Crippen LogP contribution is -2.23. The molecule has 1 rings (SSSR count). The van der Waals surface area contributed by atoms with Gasteiger partial charge in [0.15, 0.2) is 0 Å². The summed E-state index contributed by atoms with van der Waals surface area (Å²) in [6.07, 6.45) is 0.342. The van der Waals surface area contributed by atoms with Crippen molar-refractivity contribution in [1.82, 2.24) is 9.97 Å². The van der Waals surface area contributed by atoms with Crippen LogP contribution in [-0.2, 0) is 11.2 Å². The maximum absolute atomic E-state index is 11.7. The Morgan fingerprint density at radius 2 is 2.12 bits per heavy atom. The van der Waals surface area contributed by atoms with Gasteiger partial charge in [-0.25, -0.2) is 4.98 Å². The molecule has 16 heavy (non-hydrogen) atoms. The fourth-order valence-corrected chi connectivity index (χ4v) is 1.71. The summed E-state index contributed by atoms with van der Waals surface area (Å²) in [6, 6.07) is 0. The Balaban J connectivity index is 3.22. The average molecular weight is 225 g/mol. The van der Waals surface area contributed by atoms with Gasteiger partial charge in [0.25, 0.3) is 5.56 Å². The Morgan fingerprint density at radius 3 is 2.50 bits per heavy atom. The maximum Gasteiger partial charge on any atom is 0.256 e. The Labute approximate surface area is 95.0 Å². The summed E-state index contributed by atoms with van der Waals surface area (Å²) in [5.41, 5.74) is 6.10. The normalized spacial score (nSPS) is 13.1. The van der Waals surface area contributed by atoms with E-state index in [4.69, 9.17) is 10.5 Å². The van der Waals surface area contributed by atoms with Crippen molar-refractivity contribution in [1.29, 1.82) is 0 Å². The molecule has 1 unspecified atom stereocenters. The zero-order valence-corrected chi connectivity index (χ0v) is 10.2. The Morgan fingerprint density at radius 1 is 1.50 bits per heavy atom. The van der Waals surface area contributed by atoms with Crippen LogP contribution in [0.5, 0.6) is 0 Å². The predicted molar refractivity (Wildman–Crippen MR) is 63.2 cm³/mol. The van der Waals surface area contributed by atoms with Crippen molar-refractivity contribution in [2.24, 2.45) is 5.92 Å². The molecule has 0 aliphatic rings. The van der Waals surface area contributed by atoms with Crippen LogP contribution in [0.3, 0.4) is 0 Å². The minimum Gasteiger partial charge on any atom is -0.383 e. The van der Waals surface area contributed by atoms with E-state index in [0.29, 0.717) is 23.6 Å². The predicted octanol–water partition coefficient (Wildman–Crippen LogP) is 1.26. The molecular formula is C11H19N3O2. The lowest BCUT2D eigenvalue weighted by molar-refractivity contribution is 0.0573. The molecule has 0 bridgehead atoms. The van der Waals surface area contributed by atoms with Gasteiger partial charge in [0, 0.05) is 7.11 Å². The molecule has 1 aromatic rings. The van der Waals surface area contributed by atoms with E-state index in [1.165, 1.54) is 0 Å². The molecule has 1 heterocycles. The fraction of sp³-hybridized carbons (Fsp3) is 0.636. The van der Waals surface area contributed by atoms with Crippen LogP contribution >= 0.6 is 0 Å². The number of aromatic nitrogens is 2. The molecule has 3 N–H and O–H groups in total. The minimum atomic E-state index is -0.235. The smallest absolute Gasteiger partial charge is 0.256 e. The summed E-state index contributed by atoms with van der Waals surface area (Å²) in [4.78, 5) is 18.6. The van der Waals surface area contributed by atoms with Crippen LogP contribution in [0.2, 0.25) is 0 Å². The van der Waals surface area contributed by atoms with Crippen LogP contribution < -0.4 is 11.3 Å². The Hall–Kier alpha value is -1.36. The van der Waals surface area contributed by atoms with Crippen molar-refractivity contribution in [2.75, 3.05) is 12.8 Å². The molecule has 0 aliphatic heterocycles. The Kier molecular flexibility index (Phi) is 4.06. The van der Waals surface area contributed by atoms with Crippen molar-refractivity contribution in [2.45, 2.75) is 33.3 Å². The monoisotopic (exact) mass is 225 g/mol. The number of hydrogen-bond acceptors (Lipinski definition) is 4. The number of nitrogen functional groups attached to an aromatic ring is 1. The SMILES string of the molecule is CCc1c(N)nc(C(OC)C(C)C)[nH]c1=O. The van der Waals surface area contributed by atoms with Gasteiger partial charge in [-0.3, -0.25) is 4.79 Å². The van der Waals surface area contributed by atoms with Crippen LogP contribution in [-0.4, -0.2) is 17.1 Å². The van der Waals surface area contributed by atoms with Crippen LogP contribution in [0.15, 0.2) is 4.79 Å². The average Bonchev–Trinajstić information content (AvgIpc) is 2.17. The van der Waals surface area contributed by atoms with Gasteiger partial charge in [-0.1, -0.05) is 20.8 Å². The largest absolute Gasteiger partial charge is 0.383 e. The molecule has 5 heteroatoms. The second-order valence-electron chi connectivity index (χ2n) is 4.07. The Bertz CT molecular complexity index is 412. The number of nitrogens with two attached hydrogens (primary N) is 1. The highest BCUT2D eigenvalue weighted by Crippen LogP contribution is 2.21. The first-order chi connectivity index (χ1) is 7.51. The van der Waals surface area contributed by atoms with Crippen LogP contribution in [0.1, 0.15) is 38.3 Å². The summed E-state index contributed by atoms with van der Waals surface area (Å²) >= 11 is 0. The fourth-order valence-electron chi connectivity index (χ4n) is 1.71. The van der Waals surface area contributed by atoms with Gasteiger partial charge in [-0.2, -0.15) is 0 Å². The third-order valence-corrected chi connectivity index (χ3v) is 2.55. The molecule has 1 atom stereocenters. The zero-order valence-electron chi connectivity index (χ0n) is 10.2. The highest BCUT2D eigenvalue weighted by molar-refractivity contribution is 5.37. The topological polar surface area (TPSA) is 81.0 Å². The van der Waals surface area contributed by atoms with E-state index in [-0.39, 0.29) is 17.6 Å². The van der Waals surface area contributed by atoms with E-state index in [0.717, 1.165) is 0 Å². The lowest BCUT2D eigenvalue weighted by atomic mass is 10.1. The van der Waals surface area contributed by atoms with E-state index in [1.807, 2.05) is 20.8 Å². The third-order valence-electron chi connectivity index (χ3n) is 2.55. The van der Waals surface area contributed by atoms with Gasteiger partial charge in [-0.05, 0) is 12.3 Å². The maximum atomic E-state index is 11.7. The molecule has 0 spiro atoms. The van der Waals surface area contributed by atoms with E-state index in [9.17, 15) is 4.79 Å². The number of anilines is 1. The van der Waals surface area contributed by atoms with E-state index >= 15 is 0 Å². The molecule has 0 radical (unpaired) electrons. The number of ether oxygens (including phenoxy) is 1. The van der Waals surface area contributed by atoms with Crippen LogP contribution in [0.25, 0.3) is 0 Å². The molecule has 0 saturated carbocycles. The van der Waals surface area contributed by atoms with Crippen molar-refractivity contribution in [3.8, 4) is 0 Å². The molecule has 90 valence electrons. The number of nitrogens with one attached hydrogen (secondary N) is 1. The lowest BCUT2D eigenvalue weighted by Gasteiger charge is -2.18. The summed E-state index contributed by atoms with van der Waals surface area (Å²) in [7, 11) is 1.59. The summed E-state index contributed by atoms with van der Waals surface area (Å²) in [5, 5.41) is 0. The highest BCUT2D eigenvalue weighted by Gasteiger charge is 2.19. The third kappa shape index (κ3) is 2.41. The number of methoxy groups -OCH3 is 1. The van der Waals surface area contributed by atoms with Crippen molar-refractivity contribution < 1.29 is 4.74 Å². The van der Waals surface area contributed by atoms with Crippen LogP contribution in [0.4, 0.5) is 5.82 Å². The number of H-pyrrole nitrogens is 1. The second-order valence-corrected chi connectivity index (χ2v) is 4.07. The molecule has 0 amide bonds. The second kappa shape index (κ2) is 5.12. The first-order valence-corrected chi connectivity index (χ1v) is 5.42. The molecule has 1 aromatic heterocycles. The summed E-state index contributed by atoms with van der Waals surface area (Å²) in [5.74, 6) is 1.01. The zero-order chi connectivity index (χ0) is 12.3. The molecule has 0 fully saturated rings. The standard InChI is InChI=1S/C11H19N3O2/c1-5-7-9(12)13-10(14-11(7)15)8(16-4)6(2)3/h6,8H,5H2,1-4H3,(H3,12,13,14,15). The summed E-state index contributed by atoms with van der Waals surface area (Å²) < 4.78 is 5.29. The van der Waals surface area contributed by atoms with E-state index in [1.54, 1.807) is 7.11 Å². The number of rotatable bonds is 4. The molecular weight excluding hydrogens is 206 g/mol.